The summed E-state index contributed by atoms with van der Waals surface area (Å²) in [6.45, 7) is 0. The molecule has 0 spiro atoms. The average molecular weight is 167 g/mol. The maximum absolute atomic E-state index is 11.1. The first-order valence-corrected chi connectivity index (χ1v) is 4.22. The molecule has 1 aliphatic carbocycles. The highest BCUT2D eigenvalue weighted by molar-refractivity contribution is 5.95. The molecule has 1 N–H and O–H groups in total. The van der Waals surface area contributed by atoms with E-state index in [0.29, 0.717) is 12.8 Å². The van der Waals surface area contributed by atoms with Gasteiger partial charge in [0.25, 0.3) is 0 Å². The number of carboxylic acids is 1. The minimum atomic E-state index is -0.803. The molecule has 4 heteroatoms. The molecule has 0 aromatic rings. The lowest BCUT2D eigenvalue weighted by molar-refractivity contribution is -0.160. The van der Waals surface area contributed by atoms with Crippen LogP contribution in [0.3, 0.4) is 0 Å². The van der Waals surface area contributed by atoms with E-state index in [1.165, 1.54) is 0 Å². The lowest BCUT2D eigenvalue weighted by Crippen LogP contribution is -2.58. The zero-order chi connectivity index (χ0) is 8.51. The van der Waals surface area contributed by atoms with Crippen molar-refractivity contribution >= 4 is 11.9 Å². The number of carboxylic acid groups (broad SMARTS) is 1. The van der Waals surface area contributed by atoms with Crippen LogP contribution in [-0.4, -0.2) is 33.5 Å². The third-order valence-electron chi connectivity index (χ3n) is 3.47. The quantitative estimate of drug-likeness (QED) is 0.552. The molecule has 0 bridgehead atoms. The molecule has 3 atom stereocenters. The Labute approximate surface area is 69.2 Å². The lowest BCUT2D eigenvalue weighted by atomic mass is 10.00. The van der Waals surface area contributed by atoms with Gasteiger partial charge in [-0.3, -0.25) is 4.79 Å². The molecule has 3 fully saturated rings. The second kappa shape index (κ2) is 1.51. The van der Waals surface area contributed by atoms with Gasteiger partial charge in [-0.1, -0.05) is 0 Å². The number of hydrogen-bond donors (Lipinski definition) is 1. The summed E-state index contributed by atoms with van der Waals surface area (Å²) in [6.07, 6.45) is 2.17. The fourth-order valence-corrected chi connectivity index (χ4v) is 2.80. The molecule has 1 amide bonds. The van der Waals surface area contributed by atoms with E-state index in [1.807, 2.05) is 0 Å². The van der Waals surface area contributed by atoms with Gasteiger partial charge in [0.15, 0.2) is 0 Å². The van der Waals surface area contributed by atoms with Gasteiger partial charge in [0, 0.05) is 12.5 Å². The number of carbonyl (C=O) groups excluding carboxylic acids is 1. The van der Waals surface area contributed by atoms with Crippen molar-refractivity contribution in [3.63, 3.8) is 0 Å². The zero-order valence-corrected chi connectivity index (χ0v) is 6.49. The Balaban J connectivity index is 2.00. The molecule has 0 aromatic heterocycles. The molecule has 0 aromatic carbocycles. The van der Waals surface area contributed by atoms with E-state index in [-0.39, 0.29) is 17.9 Å². The maximum atomic E-state index is 11.1. The molecule has 2 heterocycles. The van der Waals surface area contributed by atoms with Gasteiger partial charge in [-0.25, -0.2) is 4.79 Å². The minimum absolute atomic E-state index is 0.0300. The summed E-state index contributed by atoms with van der Waals surface area (Å²) >= 11 is 0. The van der Waals surface area contributed by atoms with Crippen LogP contribution in [0.4, 0.5) is 0 Å². The van der Waals surface area contributed by atoms with Gasteiger partial charge in [-0.05, 0) is 18.8 Å². The van der Waals surface area contributed by atoms with Crippen LogP contribution in [0.1, 0.15) is 19.3 Å². The topological polar surface area (TPSA) is 57.6 Å². The second-order valence-electron chi connectivity index (χ2n) is 3.99. The number of aliphatic carboxylic acids is 1. The van der Waals surface area contributed by atoms with Gasteiger partial charge in [0.05, 0.1) is 0 Å². The number of nitrogens with zero attached hydrogens (tertiary/aromatic N) is 1. The van der Waals surface area contributed by atoms with E-state index in [2.05, 4.69) is 0 Å². The van der Waals surface area contributed by atoms with E-state index >= 15 is 0 Å². The van der Waals surface area contributed by atoms with Gasteiger partial charge < -0.3 is 10.0 Å². The van der Waals surface area contributed by atoms with Crippen LogP contribution < -0.4 is 0 Å². The fourth-order valence-electron chi connectivity index (χ4n) is 2.80. The van der Waals surface area contributed by atoms with Crippen molar-refractivity contribution in [1.29, 1.82) is 0 Å². The summed E-state index contributed by atoms with van der Waals surface area (Å²) in [6, 6.07) is 0.257. The van der Waals surface area contributed by atoms with Crippen LogP contribution in [0.15, 0.2) is 0 Å². The van der Waals surface area contributed by atoms with Crippen LogP contribution in [0.5, 0.6) is 0 Å². The number of carbonyl (C=O) groups is 2. The van der Waals surface area contributed by atoms with Crippen LogP contribution in [0.2, 0.25) is 0 Å². The normalized spacial score (nSPS) is 48.0. The first-order chi connectivity index (χ1) is 5.66. The SMILES string of the molecule is O=C1C[C@@H]2C[C@@H]3C[C@]3(C(=O)O)N12. The van der Waals surface area contributed by atoms with Crippen molar-refractivity contribution in [3.8, 4) is 0 Å². The van der Waals surface area contributed by atoms with E-state index in [9.17, 15) is 9.59 Å². The summed E-state index contributed by atoms with van der Waals surface area (Å²) in [5.74, 6) is -0.517. The van der Waals surface area contributed by atoms with E-state index in [1.54, 1.807) is 4.90 Å². The molecule has 1 saturated carbocycles. The molecule has 4 nitrogen and oxygen atoms in total. The first kappa shape index (κ1) is 6.46. The fraction of sp³-hybridized carbons (Fsp3) is 0.750. The van der Waals surface area contributed by atoms with Gasteiger partial charge in [-0.15, -0.1) is 0 Å². The van der Waals surface area contributed by atoms with Gasteiger partial charge >= 0.3 is 5.97 Å². The van der Waals surface area contributed by atoms with Crippen molar-refractivity contribution in [2.24, 2.45) is 5.92 Å². The van der Waals surface area contributed by atoms with Crippen LogP contribution in [-0.2, 0) is 9.59 Å². The van der Waals surface area contributed by atoms with Crippen molar-refractivity contribution in [3.05, 3.63) is 0 Å². The van der Waals surface area contributed by atoms with Crippen molar-refractivity contribution in [2.45, 2.75) is 30.8 Å². The predicted molar refractivity (Wildman–Crippen MR) is 38.3 cm³/mol. The summed E-state index contributed by atoms with van der Waals surface area (Å²) in [7, 11) is 0. The van der Waals surface area contributed by atoms with Gasteiger partial charge in [-0.2, -0.15) is 0 Å². The first-order valence-electron chi connectivity index (χ1n) is 4.22. The Morgan fingerprint density at radius 2 is 2.42 bits per heavy atom. The second-order valence-corrected chi connectivity index (χ2v) is 3.99. The van der Waals surface area contributed by atoms with Crippen LogP contribution in [0, 0.1) is 5.92 Å². The molecular weight excluding hydrogens is 158 g/mol. The highest BCUT2D eigenvalue weighted by Crippen LogP contribution is 2.61. The van der Waals surface area contributed by atoms with Crippen molar-refractivity contribution in [2.75, 3.05) is 0 Å². The van der Waals surface area contributed by atoms with Crippen molar-refractivity contribution in [1.82, 2.24) is 4.90 Å². The van der Waals surface area contributed by atoms with Crippen LogP contribution >= 0.6 is 0 Å². The molecule has 12 heavy (non-hydrogen) atoms. The standard InChI is InChI=1S/C8H9NO3/c10-6-2-5-1-4-3-8(4,7(11)12)9(5)6/h4-5H,1-3H2,(H,11,12)/t4-,5+,8+/m1/s1. The Morgan fingerprint density at radius 1 is 1.67 bits per heavy atom. The lowest BCUT2D eigenvalue weighted by Gasteiger charge is -2.40. The highest BCUT2D eigenvalue weighted by atomic mass is 16.4. The molecule has 3 aliphatic rings. The Hall–Kier alpha value is -1.06. The zero-order valence-electron chi connectivity index (χ0n) is 6.49. The monoisotopic (exact) mass is 167 g/mol. The summed E-state index contributed by atoms with van der Waals surface area (Å²) in [5, 5.41) is 8.96. The predicted octanol–water partition coefficient (Wildman–Crippen LogP) is -0.166. The van der Waals surface area contributed by atoms with Gasteiger partial charge in [0.2, 0.25) is 5.91 Å². The molecule has 0 unspecified atom stereocenters. The largest absolute Gasteiger partial charge is 0.479 e. The number of rotatable bonds is 1. The molecule has 2 aliphatic heterocycles. The minimum Gasteiger partial charge on any atom is -0.479 e. The third-order valence-corrected chi connectivity index (χ3v) is 3.47. The summed E-state index contributed by atoms with van der Waals surface area (Å²) in [5.41, 5.74) is -0.750. The van der Waals surface area contributed by atoms with Crippen molar-refractivity contribution < 1.29 is 14.7 Å². The Morgan fingerprint density at radius 3 is 2.92 bits per heavy atom. The maximum Gasteiger partial charge on any atom is 0.329 e. The number of β-lactam (4-membered cyclic amide) rings is 1. The smallest absolute Gasteiger partial charge is 0.329 e. The van der Waals surface area contributed by atoms with E-state index in [0.717, 1.165) is 6.42 Å². The Bertz CT molecular complexity index is 301. The van der Waals surface area contributed by atoms with E-state index < -0.39 is 11.5 Å². The number of hydrogen-bond acceptors (Lipinski definition) is 2. The molecule has 2 saturated heterocycles. The number of fused-ring (bicyclic) bond motifs is 3. The number of piperidine rings is 1. The number of amides is 1. The molecule has 3 rings (SSSR count). The van der Waals surface area contributed by atoms with Gasteiger partial charge in [0.1, 0.15) is 5.54 Å². The molecule has 64 valence electrons. The summed E-state index contributed by atoms with van der Waals surface area (Å²) in [4.78, 5) is 23.6. The molecule has 0 radical (unpaired) electrons. The molecular formula is C8H9NO3. The Kier molecular flexibility index (Phi) is 0.812. The highest BCUT2D eigenvalue weighted by Gasteiger charge is 2.74. The van der Waals surface area contributed by atoms with E-state index in [4.69, 9.17) is 5.11 Å². The van der Waals surface area contributed by atoms with Crippen LogP contribution in [0.25, 0.3) is 0 Å². The summed E-state index contributed by atoms with van der Waals surface area (Å²) < 4.78 is 0. The average Bonchev–Trinajstić information content (AvgIpc) is 2.58. The third kappa shape index (κ3) is 0.436.